The molecule has 1 fully saturated rings. The average Bonchev–Trinajstić information content (AvgIpc) is 2.71. The number of fused-ring (bicyclic) bond motifs is 2. The highest BCUT2D eigenvalue weighted by molar-refractivity contribution is 6.08. The predicted molar refractivity (Wildman–Crippen MR) is 107 cm³/mol. The van der Waals surface area contributed by atoms with E-state index in [9.17, 15) is 14.0 Å². The van der Waals surface area contributed by atoms with Crippen LogP contribution in [-0.2, 0) is 0 Å². The van der Waals surface area contributed by atoms with Crippen molar-refractivity contribution in [2.45, 2.75) is 39.3 Å². The molecule has 2 aromatic rings. The second kappa shape index (κ2) is 7.26. The first-order valence-electron chi connectivity index (χ1n) is 9.78. The molecule has 2 aliphatic rings. The van der Waals surface area contributed by atoms with Crippen LogP contribution in [0.2, 0.25) is 0 Å². The fourth-order valence-corrected chi connectivity index (χ4v) is 4.19. The van der Waals surface area contributed by atoms with E-state index in [1.807, 2.05) is 4.90 Å². The molecule has 2 aromatic carbocycles. The molecule has 5 nitrogen and oxygen atoms in total. The van der Waals surface area contributed by atoms with Gasteiger partial charge in [-0.15, -0.1) is 0 Å². The summed E-state index contributed by atoms with van der Waals surface area (Å²) in [4.78, 5) is 29.8. The Morgan fingerprint density at radius 1 is 1.21 bits per heavy atom. The Hall–Kier alpha value is -2.89. The summed E-state index contributed by atoms with van der Waals surface area (Å²) in [5, 5.41) is 2.81. The molecule has 28 heavy (non-hydrogen) atoms. The minimum atomic E-state index is -0.305. The van der Waals surface area contributed by atoms with Crippen molar-refractivity contribution in [3.8, 4) is 0 Å². The Morgan fingerprint density at radius 3 is 2.79 bits per heavy atom. The highest BCUT2D eigenvalue weighted by Gasteiger charge is 2.38. The first-order chi connectivity index (χ1) is 13.5. The van der Waals surface area contributed by atoms with Crippen LogP contribution >= 0.6 is 0 Å². The summed E-state index contributed by atoms with van der Waals surface area (Å²) in [7, 11) is 0. The van der Waals surface area contributed by atoms with E-state index in [1.54, 1.807) is 37.3 Å². The molecule has 0 unspecified atom stereocenters. The minimum absolute atomic E-state index is 0.0468. The summed E-state index contributed by atoms with van der Waals surface area (Å²) >= 11 is 0. The summed E-state index contributed by atoms with van der Waals surface area (Å²) in [6, 6.07) is 9.71. The number of carbonyl (C=O) groups excluding carboxylic acids is 2. The van der Waals surface area contributed by atoms with Gasteiger partial charge in [0.05, 0.1) is 11.3 Å². The standard InChI is InChI=1S/C22H24FN3O2/c1-3-25-19-13-15(21(27)24-16-8-10-18(23)14(2)12-16)7-9-17(19)22(28)26-11-5-4-6-20(25)26/h7-10,12-13,20H,3-6,11H2,1-2H3,(H,24,27)/t20-/m0/s1. The Morgan fingerprint density at radius 2 is 2.04 bits per heavy atom. The second-order valence-electron chi connectivity index (χ2n) is 7.41. The number of hydrogen-bond donors (Lipinski definition) is 1. The fourth-order valence-electron chi connectivity index (χ4n) is 4.19. The number of nitrogens with zero attached hydrogens (tertiary/aromatic N) is 2. The summed E-state index contributed by atoms with van der Waals surface area (Å²) in [5.41, 5.74) is 2.97. The van der Waals surface area contributed by atoms with E-state index in [1.165, 1.54) is 6.07 Å². The number of nitrogens with one attached hydrogen (secondary N) is 1. The van der Waals surface area contributed by atoms with Crippen molar-refractivity contribution in [2.75, 3.05) is 23.3 Å². The van der Waals surface area contributed by atoms with Crippen molar-refractivity contribution in [1.82, 2.24) is 4.90 Å². The van der Waals surface area contributed by atoms with Crippen LogP contribution in [0.4, 0.5) is 15.8 Å². The van der Waals surface area contributed by atoms with Crippen LogP contribution in [0.25, 0.3) is 0 Å². The third-order valence-corrected chi connectivity index (χ3v) is 5.65. The molecule has 1 N–H and O–H groups in total. The lowest BCUT2D eigenvalue weighted by atomic mass is 9.97. The van der Waals surface area contributed by atoms with Gasteiger partial charge in [-0.05, 0) is 75.1 Å². The largest absolute Gasteiger partial charge is 0.351 e. The predicted octanol–water partition coefficient (Wildman–Crippen LogP) is 4.18. The third-order valence-electron chi connectivity index (χ3n) is 5.65. The number of anilines is 2. The van der Waals surface area contributed by atoms with Gasteiger partial charge in [0.15, 0.2) is 0 Å². The molecule has 146 valence electrons. The topological polar surface area (TPSA) is 52.7 Å². The first kappa shape index (κ1) is 18.5. The number of aryl methyl sites for hydroxylation is 1. The monoisotopic (exact) mass is 381 g/mol. The maximum absolute atomic E-state index is 13.4. The molecular weight excluding hydrogens is 357 g/mol. The van der Waals surface area contributed by atoms with E-state index in [-0.39, 0.29) is 23.8 Å². The van der Waals surface area contributed by atoms with Gasteiger partial charge in [0.1, 0.15) is 12.0 Å². The molecule has 2 heterocycles. The summed E-state index contributed by atoms with van der Waals surface area (Å²) in [6.07, 6.45) is 3.15. The molecule has 1 atom stereocenters. The molecule has 0 spiro atoms. The number of halogens is 1. The third kappa shape index (κ3) is 3.13. The van der Waals surface area contributed by atoms with Gasteiger partial charge in [0, 0.05) is 24.3 Å². The van der Waals surface area contributed by atoms with Crippen LogP contribution in [0.15, 0.2) is 36.4 Å². The van der Waals surface area contributed by atoms with Crippen molar-refractivity contribution in [3.05, 3.63) is 58.9 Å². The molecule has 0 aliphatic carbocycles. The average molecular weight is 381 g/mol. The zero-order chi connectivity index (χ0) is 19.8. The van der Waals surface area contributed by atoms with E-state index in [4.69, 9.17) is 0 Å². The van der Waals surface area contributed by atoms with Gasteiger partial charge in [-0.25, -0.2) is 4.39 Å². The summed E-state index contributed by atoms with van der Waals surface area (Å²) in [5.74, 6) is -0.533. The molecule has 0 bridgehead atoms. The molecular formula is C22H24FN3O2. The molecule has 0 aromatic heterocycles. The SMILES string of the molecule is CCN1c2cc(C(=O)Nc3ccc(F)c(C)c3)ccc2C(=O)N2CCCC[C@H]21. The molecule has 1 saturated heterocycles. The van der Waals surface area contributed by atoms with Gasteiger partial charge in [-0.1, -0.05) is 0 Å². The summed E-state index contributed by atoms with van der Waals surface area (Å²) in [6.45, 7) is 5.28. The zero-order valence-corrected chi connectivity index (χ0v) is 16.2. The van der Waals surface area contributed by atoms with Crippen molar-refractivity contribution >= 4 is 23.2 Å². The van der Waals surface area contributed by atoms with Crippen LogP contribution in [0, 0.1) is 12.7 Å². The highest BCUT2D eigenvalue weighted by atomic mass is 19.1. The molecule has 0 saturated carbocycles. The fraction of sp³-hybridized carbons (Fsp3) is 0.364. The summed E-state index contributed by atoms with van der Waals surface area (Å²) < 4.78 is 13.4. The number of hydrogen-bond acceptors (Lipinski definition) is 3. The smallest absolute Gasteiger partial charge is 0.257 e. The lowest BCUT2D eigenvalue weighted by molar-refractivity contribution is 0.0582. The highest BCUT2D eigenvalue weighted by Crippen LogP contribution is 2.35. The quantitative estimate of drug-likeness (QED) is 0.868. The molecule has 4 rings (SSSR count). The lowest BCUT2D eigenvalue weighted by Crippen LogP contribution is -2.57. The Bertz CT molecular complexity index is 943. The minimum Gasteiger partial charge on any atom is -0.351 e. The number of piperidine rings is 1. The van der Waals surface area contributed by atoms with Crippen LogP contribution in [0.5, 0.6) is 0 Å². The number of benzene rings is 2. The van der Waals surface area contributed by atoms with Gasteiger partial charge < -0.3 is 15.1 Å². The van der Waals surface area contributed by atoms with E-state index < -0.39 is 0 Å². The Labute approximate surface area is 164 Å². The van der Waals surface area contributed by atoms with Crippen molar-refractivity contribution in [1.29, 1.82) is 0 Å². The Kier molecular flexibility index (Phi) is 4.79. The molecule has 6 heteroatoms. The van der Waals surface area contributed by atoms with Crippen molar-refractivity contribution in [2.24, 2.45) is 0 Å². The number of carbonyl (C=O) groups is 2. The van der Waals surface area contributed by atoms with Gasteiger partial charge in [-0.2, -0.15) is 0 Å². The second-order valence-corrected chi connectivity index (χ2v) is 7.41. The van der Waals surface area contributed by atoms with E-state index in [0.717, 1.165) is 38.0 Å². The molecule has 2 aliphatic heterocycles. The lowest BCUT2D eigenvalue weighted by Gasteiger charge is -2.47. The maximum Gasteiger partial charge on any atom is 0.257 e. The van der Waals surface area contributed by atoms with Crippen molar-refractivity contribution < 1.29 is 14.0 Å². The Balaban J connectivity index is 1.65. The number of amides is 2. The normalized spacial score (nSPS) is 18.5. The van der Waals surface area contributed by atoms with Crippen LogP contribution in [-0.4, -0.2) is 36.0 Å². The maximum atomic E-state index is 13.4. The van der Waals surface area contributed by atoms with Gasteiger partial charge >= 0.3 is 0 Å². The van der Waals surface area contributed by atoms with E-state index >= 15 is 0 Å². The molecule has 0 radical (unpaired) electrons. The van der Waals surface area contributed by atoms with E-state index in [2.05, 4.69) is 17.1 Å². The van der Waals surface area contributed by atoms with Gasteiger partial charge in [0.25, 0.3) is 11.8 Å². The zero-order valence-electron chi connectivity index (χ0n) is 16.2. The van der Waals surface area contributed by atoms with Crippen molar-refractivity contribution in [3.63, 3.8) is 0 Å². The van der Waals surface area contributed by atoms with Crippen LogP contribution in [0.1, 0.15) is 52.5 Å². The van der Waals surface area contributed by atoms with E-state index in [0.29, 0.717) is 22.4 Å². The molecule has 2 amide bonds. The van der Waals surface area contributed by atoms with Crippen LogP contribution in [0.3, 0.4) is 0 Å². The first-order valence-corrected chi connectivity index (χ1v) is 9.78. The van der Waals surface area contributed by atoms with Gasteiger partial charge in [-0.3, -0.25) is 9.59 Å². The van der Waals surface area contributed by atoms with Gasteiger partial charge in [0.2, 0.25) is 0 Å². The number of rotatable bonds is 3. The van der Waals surface area contributed by atoms with Crippen LogP contribution < -0.4 is 10.2 Å².